The third-order valence-electron chi connectivity index (χ3n) is 2.02. The molecule has 1 N–H and O–H groups in total. The number of rotatable bonds is 6. The van der Waals surface area contributed by atoms with Gasteiger partial charge in [0.1, 0.15) is 5.82 Å². The first-order valence-electron chi connectivity index (χ1n) is 4.89. The molecule has 0 spiro atoms. The Labute approximate surface area is 90.1 Å². The summed E-state index contributed by atoms with van der Waals surface area (Å²) >= 11 is 4.12. The predicted molar refractivity (Wildman–Crippen MR) is 61.4 cm³/mol. The fourth-order valence-corrected chi connectivity index (χ4v) is 1.37. The Balaban J connectivity index is 2.15. The molecule has 3 heteroatoms. The monoisotopic (exact) mass is 213 g/mol. The maximum absolute atomic E-state index is 12.6. The fraction of sp³-hybridized carbons (Fsp3) is 0.455. The molecule has 0 heterocycles. The van der Waals surface area contributed by atoms with Crippen molar-refractivity contribution in [3.63, 3.8) is 0 Å². The number of nitrogens with one attached hydrogen (secondary N) is 1. The van der Waals surface area contributed by atoms with E-state index in [9.17, 15) is 4.39 Å². The molecule has 0 fully saturated rings. The molecule has 1 aromatic rings. The summed E-state index contributed by atoms with van der Waals surface area (Å²) in [6.45, 7) is 1.95. The summed E-state index contributed by atoms with van der Waals surface area (Å²) < 4.78 is 12.6. The van der Waals surface area contributed by atoms with E-state index in [-0.39, 0.29) is 5.82 Å². The van der Waals surface area contributed by atoms with Crippen molar-refractivity contribution in [3.05, 3.63) is 35.6 Å². The van der Waals surface area contributed by atoms with Gasteiger partial charge in [-0.2, -0.15) is 12.6 Å². The van der Waals surface area contributed by atoms with Crippen molar-refractivity contribution in [2.24, 2.45) is 0 Å². The lowest BCUT2D eigenvalue weighted by Gasteiger charge is -2.03. The molecule has 0 aliphatic carbocycles. The average molecular weight is 213 g/mol. The number of benzene rings is 1. The Morgan fingerprint density at radius 1 is 1.14 bits per heavy atom. The number of halogens is 1. The standard InChI is InChI=1S/C11H16FNS/c12-11-4-2-10(3-5-11)6-8-13-7-1-9-14/h2-5,13-14H,1,6-9H2. The number of thiol groups is 1. The zero-order valence-electron chi connectivity index (χ0n) is 8.17. The fourth-order valence-electron chi connectivity index (χ4n) is 1.21. The van der Waals surface area contributed by atoms with Gasteiger partial charge in [-0.05, 0) is 49.4 Å². The molecule has 1 aromatic carbocycles. The molecule has 0 aliphatic rings. The van der Waals surface area contributed by atoms with E-state index in [1.165, 1.54) is 17.7 Å². The highest BCUT2D eigenvalue weighted by Gasteiger charge is 1.93. The predicted octanol–water partition coefficient (Wildman–Crippen LogP) is 2.28. The van der Waals surface area contributed by atoms with Gasteiger partial charge in [0, 0.05) is 0 Å². The molecule has 1 nitrogen and oxygen atoms in total. The molecule has 78 valence electrons. The summed E-state index contributed by atoms with van der Waals surface area (Å²) in [4.78, 5) is 0. The van der Waals surface area contributed by atoms with Gasteiger partial charge in [0.05, 0.1) is 0 Å². The van der Waals surface area contributed by atoms with Crippen molar-refractivity contribution in [3.8, 4) is 0 Å². The summed E-state index contributed by atoms with van der Waals surface area (Å²) in [5, 5.41) is 3.31. The van der Waals surface area contributed by atoms with Crippen LogP contribution in [0.3, 0.4) is 0 Å². The first kappa shape index (κ1) is 11.5. The van der Waals surface area contributed by atoms with Crippen LogP contribution < -0.4 is 5.32 Å². The summed E-state index contributed by atoms with van der Waals surface area (Å²) in [5.74, 6) is 0.751. The van der Waals surface area contributed by atoms with Crippen LogP contribution in [0.1, 0.15) is 12.0 Å². The van der Waals surface area contributed by atoms with Crippen molar-refractivity contribution < 1.29 is 4.39 Å². The van der Waals surface area contributed by atoms with E-state index in [1.54, 1.807) is 0 Å². The third-order valence-corrected chi connectivity index (χ3v) is 2.33. The number of hydrogen-bond acceptors (Lipinski definition) is 2. The third kappa shape index (κ3) is 4.63. The van der Waals surface area contributed by atoms with Crippen LogP contribution in [0.25, 0.3) is 0 Å². The zero-order valence-corrected chi connectivity index (χ0v) is 9.06. The number of hydrogen-bond donors (Lipinski definition) is 2. The van der Waals surface area contributed by atoms with E-state index in [4.69, 9.17) is 0 Å². The molecule has 0 radical (unpaired) electrons. The second kappa shape index (κ2) is 6.85. The lowest BCUT2D eigenvalue weighted by atomic mass is 10.1. The SMILES string of the molecule is Fc1ccc(CCNCCCS)cc1. The van der Waals surface area contributed by atoms with Gasteiger partial charge in [-0.15, -0.1) is 0 Å². The average Bonchev–Trinajstić information content (AvgIpc) is 2.21. The zero-order chi connectivity index (χ0) is 10.2. The van der Waals surface area contributed by atoms with Gasteiger partial charge in [-0.25, -0.2) is 4.39 Å². The summed E-state index contributed by atoms with van der Waals surface area (Å²) in [5.41, 5.74) is 1.17. The molecular formula is C11H16FNS. The lowest BCUT2D eigenvalue weighted by molar-refractivity contribution is 0.625. The summed E-state index contributed by atoms with van der Waals surface area (Å²) in [7, 11) is 0. The molecule has 1 rings (SSSR count). The molecule has 0 saturated heterocycles. The van der Waals surface area contributed by atoms with E-state index < -0.39 is 0 Å². The largest absolute Gasteiger partial charge is 0.316 e. The van der Waals surface area contributed by atoms with Gasteiger partial charge in [0.2, 0.25) is 0 Å². The Morgan fingerprint density at radius 3 is 2.50 bits per heavy atom. The van der Waals surface area contributed by atoms with Gasteiger partial charge in [-0.1, -0.05) is 12.1 Å². The van der Waals surface area contributed by atoms with E-state index in [0.717, 1.165) is 31.7 Å². The van der Waals surface area contributed by atoms with Crippen molar-refractivity contribution in [1.82, 2.24) is 5.32 Å². The smallest absolute Gasteiger partial charge is 0.123 e. The van der Waals surface area contributed by atoms with Crippen LogP contribution >= 0.6 is 12.6 Å². The topological polar surface area (TPSA) is 12.0 Å². The normalized spacial score (nSPS) is 10.4. The van der Waals surface area contributed by atoms with Crippen LogP contribution in [-0.4, -0.2) is 18.8 Å². The molecule has 0 unspecified atom stereocenters. The van der Waals surface area contributed by atoms with Crippen LogP contribution in [-0.2, 0) is 6.42 Å². The maximum atomic E-state index is 12.6. The molecule has 0 bridgehead atoms. The Bertz CT molecular complexity index is 248. The quantitative estimate of drug-likeness (QED) is 0.546. The van der Waals surface area contributed by atoms with Gasteiger partial charge in [-0.3, -0.25) is 0 Å². The van der Waals surface area contributed by atoms with Crippen LogP contribution in [0.4, 0.5) is 4.39 Å². The summed E-state index contributed by atoms with van der Waals surface area (Å²) in [6, 6.07) is 6.66. The van der Waals surface area contributed by atoms with Crippen molar-refractivity contribution >= 4 is 12.6 Å². The highest BCUT2D eigenvalue weighted by molar-refractivity contribution is 7.80. The molecule has 0 aromatic heterocycles. The van der Waals surface area contributed by atoms with E-state index in [0.29, 0.717) is 0 Å². The highest BCUT2D eigenvalue weighted by atomic mass is 32.1. The molecule has 0 amide bonds. The van der Waals surface area contributed by atoms with Gasteiger partial charge in [0.15, 0.2) is 0 Å². The Morgan fingerprint density at radius 2 is 1.86 bits per heavy atom. The van der Waals surface area contributed by atoms with Gasteiger partial charge in [0.25, 0.3) is 0 Å². The Hall–Kier alpha value is -0.540. The van der Waals surface area contributed by atoms with E-state index in [1.807, 2.05) is 12.1 Å². The van der Waals surface area contributed by atoms with Crippen molar-refractivity contribution in [2.75, 3.05) is 18.8 Å². The van der Waals surface area contributed by atoms with Crippen LogP contribution in [0.15, 0.2) is 24.3 Å². The minimum atomic E-state index is -0.170. The molecule has 0 aliphatic heterocycles. The van der Waals surface area contributed by atoms with E-state index in [2.05, 4.69) is 17.9 Å². The van der Waals surface area contributed by atoms with Crippen LogP contribution in [0.5, 0.6) is 0 Å². The van der Waals surface area contributed by atoms with Gasteiger partial charge >= 0.3 is 0 Å². The second-order valence-electron chi connectivity index (χ2n) is 3.20. The minimum absolute atomic E-state index is 0.170. The maximum Gasteiger partial charge on any atom is 0.123 e. The lowest BCUT2D eigenvalue weighted by Crippen LogP contribution is -2.18. The van der Waals surface area contributed by atoms with Crippen LogP contribution in [0.2, 0.25) is 0 Å². The van der Waals surface area contributed by atoms with Crippen LogP contribution in [0, 0.1) is 5.82 Å². The summed E-state index contributed by atoms with van der Waals surface area (Å²) in [6.07, 6.45) is 2.04. The molecule has 14 heavy (non-hydrogen) atoms. The van der Waals surface area contributed by atoms with Crippen molar-refractivity contribution in [1.29, 1.82) is 0 Å². The molecule has 0 atom stereocenters. The Kier molecular flexibility index (Phi) is 5.64. The minimum Gasteiger partial charge on any atom is -0.316 e. The first-order valence-corrected chi connectivity index (χ1v) is 5.52. The molecule has 0 saturated carbocycles. The van der Waals surface area contributed by atoms with Crippen molar-refractivity contribution in [2.45, 2.75) is 12.8 Å². The first-order chi connectivity index (χ1) is 6.83. The van der Waals surface area contributed by atoms with Gasteiger partial charge < -0.3 is 5.32 Å². The van der Waals surface area contributed by atoms with E-state index >= 15 is 0 Å². The second-order valence-corrected chi connectivity index (χ2v) is 3.65. The highest BCUT2D eigenvalue weighted by Crippen LogP contribution is 2.02. The molecular weight excluding hydrogens is 197 g/mol.